The molecule has 2 rings (SSSR count). The predicted molar refractivity (Wildman–Crippen MR) is 79.1 cm³/mol. The van der Waals surface area contributed by atoms with Gasteiger partial charge in [0, 0.05) is 20.6 Å². The van der Waals surface area contributed by atoms with Crippen molar-refractivity contribution in [2.24, 2.45) is 0 Å². The summed E-state index contributed by atoms with van der Waals surface area (Å²) in [7, 11) is 3.09. The summed E-state index contributed by atoms with van der Waals surface area (Å²) < 4.78 is 38.5. The van der Waals surface area contributed by atoms with Crippen molar-refractivity contribution in [1.82, 2.24) is 15.1 Å². The van der Waals surface area contributed by atoms with Crippen molar-refractivity contribution in [2.45, 2.75) is 24.0 Å². The predicted octanol–water partition coefficient (Wildman–Crippen LogP) is 1.89. The number of urea groups is 1. The Kier molecular flexibility index (Phi) is 4.93. The molecule has 2 atom stereocenters. The summed E-state index contributed by atoms with van der Waals surface area (Å²) >= 11 is 5.68. The van der Waals surface area contributed by atoms with Crippen molar-refractivity contribution < 1.29 is 22.8 Å². The molecule has 0 aromatic carbocycles. The molecule has 5 nitrogen and oxygen atoms in total. The Morgan fingerprint density at radius 3 is 2.61 bits per heavy atom. The van der Waals surface area contributed by atoms with Gasteiger partial charge < -0.3 is 15.1 Å². The maximum Gasteiger partial charge on any atom is 0.414 e. The van der Waals surface area contributed by atoms with Gasteiger partial charge in [-0.05, 0) is 18.1 Å². The minimum absolute atomic E-state index is 0.0374. The molecular weight excluding hydrogens is 335 g/mol. The van der Waals surface area contributed by atoms with E-state index in [1.807, 2.05) is 0 Å². The number of nitrogens with zero attached hydrogens (tertiary/aromatic N) is 2. The van der Waals surface area contributed by atoms with Crippen LogP contribution in [0.15, 0.2) is 23.3 Å². The molecule has 1 aliphatic carbocycles. The first-order valence-electron chi connectivity index (χ1n) is 6.98. The average Bonchev–Trinajstić information content (AvgIpc) is 2.72. The molecule has 1 heterocycles. The van der Waals surface area contributed by atoms with Crippen molar-refractivity contribution >= 4 is 23.5 Å². The zero-order valence-corrected chi connectivity index (χ0v) is 13.4. The number of carbonyl (C=O) groups excluding carboxylic acids is 2. The van der Waals surface area contributed by atoms with Crippen LogP contribution in [0.5, 0.6) is 0 Å². The second-order valence-electron chi connectivity index (χ2n) is 5.59. The molecule has 9 heteroatoms. The molecule has 3 amide bonds. The summed E-state index contributed by atoms with van der Waals surface area (Å²) in [4.78, 5) is 26.4. The van der Waals surface area contributed by atoms with Gasteiger partial charge in [-0.3, -0.25) is 4.79 Å². The van der Waals surface area contributed by atoms with Crippen molar-refractivity contribution in [1.29, 1.82) is 0 Å². The number of carbonyl (C=O) groups is 2. The van der Waals surface area contributed by atoms with Crippen LogP contribution in [0.2, 0.25) is 0 Å². The quantitative estimate of drug-likeness (QED) is 0.790. The molecule has 0 radical (unpaired) electrons. The van der Waals surface area contributed by atoms with Gasteiger partial charge in [0.25, 0.3) is 0 Å². The van der Waals surface area contributed by atoms with Gasteiger partial charge in [0.05, 0.1) is 17.5 Å². The lowest BCUT2D eigenvalue weighted by atomic mass is 9.98. The molecule has 1 saturated heterocycles. The smallest absolute Gasteiger partial charge is 0.350 e. The Morgan fingerprint density at radius 2 is 2.09 bits per heavy atom. The third-order valence-corrected chi connectivity index (χ3v) is 4.32. The molecule has 0 aromatic rings. The van der Waals surface area contributed by atoms with Gasteiger partial charge in [0.1, 0.15) is 6.04 Å². The fourth-order valence-corrected chi connectivity index (χ4v) is 2.82. The zero-order chi connectivity index (χ0) is 17.4. The number of likely N-dealkylation sites (N-methyl/N-ethyl adjacent to an activating group) is 2. The molecule has 1 N–H and O–H groups in total. The molecule has 0 aromatic heterocycles. The van der Waals surface area contributed by atoms with Crippen LogP contribution < -0.4 is 5.32 Å². The van der Waals surface area contributed by atoms with Gasteiger partial charge in [-0.2, -0.15) is 13.2 Å². The van der Waals surface area contributed by atoms with E-state index in [1.165, 1.54) is 16.8 Å². The van der Waals surface area contributed by atoms with E-state index in [1.54, 1.807) is 13.1 Å². The van der Waals surface area contributed by atoms with Crippen LogP contribution in [-0.4, -0.2) is 66.5 Å². The highest BCUT2D eigenvalue weighted by Gasteiger charge is 2.39. The lowest BCUT2D eigenvalue weighted by Crippen LogP contribution is -2.44. The summed E-state index contributed by atoms with van der Waals surface area (Å²) in [5, 5.41) is 1.46. The highest BCUT2D eigenvalue weighted by Crippen LogP contribution is 2.35. The van der Waals surface area contributed by atoms with Crippen LogP contribution in [-0.2, 0) is 4.79 Å². The third-order valence-electron chi connectivity index (χ3n) is 3.90. The Morgan fingerprint density at radius 1 is 1.43 bits per heavy atom. The summed E-state index contributed by atoms with van der Waals surface area (Å²) in [6.45, 7) is 0.206. The standard InChI is InChI=1S/C14H17ClF3N3O2/c1-20-7-11(21(2)13(20)23)12(22)19-6-8-3-4-10(15)9(5-8)14(16,17)18/h3,5,10-11H,4,6-7H2,1-2H3,(H,19,22). The molecule has 1 fully saturated rings. The fraction of sp³-hybridized carbons (Fsp3) is 0.571. The van der Waals surface area contributed by atoms with Crippen LogP contribution in [0.3, 0.4) is 0 Å². The van der Waals surface area contributed by atoms with E-state index in [0.29, 0.717) is 5.57 Å². The summed E-state index contributed by atoms with van der Waals surface area (Å²) in [6.07, 6.45) is -1.89. The largest absolute Gasteiger partial charge is 0.414 e. The van der Waals surface area contributed by atoms with Crippen LogP contribution >= 0.6 is 11.6 Å². The normalized spacial score (nSPS) is 25.4. The molecule has 23 heavy (non-hydrogen) atoms. The van der Waals surface area contributed by atoms with Crippen LogP contribution in [0.4, 0.5) is 18.0 Å². The van der Waals surface area contributed by atoms with Crippen molar-refractivity contribution in [2.75, 3.05) is 27.2 Å². The minimum atomic E-state index is -4.49. The van der Waals surface area contributed by atoms with E-state index in [0.717, 1.165) is 6.08 Å². The second-order valence-corrected chi connectivity index (χ2v) is 6.11. The Balaban J connectivity index is 1.98. The van der Waals surface area contributed by atoms with E-state index in [2.05, 4.69) is 5.32 Å². The summed E-state index contributed by atoms with van der Waals surface area (Å²) in [5.41, 5.74) is -0.457. The van der Waals surface area contributed by atoms with E-state index in [4.69, 9.17) is 11.6 Å². The molecule has 2 unspecified atom stereocenters. The molecule has 0 spiro atoms. The molecule has 2 aliphatic rings. The van der Waals surface area contributed by atoms with E-state index in [9.17, 15) is 22.8 Å². The van der Waals surface area contributed by atoms with Crippen LogP contribution in [0.1, 0.15) is 6.42 Å². The van der Waals surface area contributed by atoms with Gasteiger partial charge in [-0.25, -0.2) is 4.79 Å². The number of alkyl halides is 4. The maximum atomic E-state index is 12.8. The summed E-state index contributed by atoms with van der Waals surface area (Å²) in [6, 6.07) is -0.921. The number of nitrogens with one attached hydrogen (secondary N) is 1. The molecule has 1 aliphatic heterocycles. The van der Waals surface area contributed by atoms with E-state index >= 15 is 0 Å². The monoisotopic (exact) mass is 351 g/mol. The van der Waals surface area contributed by atoms with Gasteiger partial charge in [0.2, 0.25) is 5.91 Å². The van der Waals surface area contributed by atoms with Gasteiger partial charge in [-0.15, -0.1) is 11.6 Å². The highest BCUT2D eigenvalue weighted by molar-refractivity contribution is 6.22. The lowest BCUT2D eigenvalue weighted by Gasteiger charge is -2.22. The Bertz CT molecular complexity index is 574. The lowest BCUT2D eigenvalue weighted by molar-refractivity contribution is -0.124. The Hall–Kier alpha value is -1.70. The van der Waals surface area contributed by atoms with E-state index < -0.39 is 29.1 Å². The molecular formula is C14H17ClF3N3O2. The molecule has 0 bridgehead atoms. The Labute approximate surface area is 136 Å². The minimum Gasteiger partial charge on any atom is -0.350 e. The number of rotatable bonds is 3. The molecule has 0 saturated carbocycles. The summed E-state index contributed by atoms with van der Waals surface area (Å²) in [5.74, 6) is -0.402. The SMILES string of the molecule is CN1CC(C(=O)NCC2=CCC(Cl)C(C(F)(F)F)=C2)N(C)C1=O. The van der Waals surface area contributed by atoms with Crippen LogP contribution in [0.25, 0.3) is 0 Å². The van der Waals surface area contributed by atoms with Crippen molar-refractivity contribution in [3.05, 3.63) is 23.3 Å². The van der Waals surface area contributed by atoms with Gasteiger partial charge in [-0.1, -0.05) is 6.08 Å². The van der Waals surface area contributed by atoms with E-state index in [-0.39, 0.29) is 25.5 Å². The van der Waals surface area contributed by atoms with Crippen molar-refractivity contribution in [3.8, 4) is 0 Å². The first kappa shape index (κ1) is 17.7. The topological polar surface area (TPSA) is 52.7 Å². The average molecular weight is 352 g/mol. The first-order chi connectivity index (χ1) is 10.6. The zero-order valence-electron chi connectivity index (χ0n) is 12.7. The number of allylic oxidation sites excluding steroid dienone is 2. The maximum absolute atomic E-state index is 12.8. The molecule has 128 valence electrons. The first-order valence-corrected chi connectivity index (χ1v) is 7.42. The van der Waals surface area contributed by atoms with Gasteiger partial charge >= 0.3 is 12.2 Å². The van der Waals surface area contributed by atoms with Crippen LogP contribution in [0, 0.1) is 0 Å². The fourth-order valence-electron chi connectivity index (χ4n) is 2.54. The number of hydrogen-bond donors (Lipinski definition) is 1. The number of hydrogen-bond acceptors (Lipinski definition) is 2. The van der Waals surface area contributed by atoms with Crippen molar-refractivity contribution in [3.63, 3.8) is 0 Å². The second kappa shape index (κ2) is 6.43. The highest BCUT2D eigenvalue weighted by atomic mass is 35.5. The third kappa shape index (κ3) is 3.80. The number of amides is 3. The number of halogens is 4. The van der Waals surface area contributed by atoms with Gasteiger partial charge in [0.15, 0.2) is 0 Å².